The summed E-state index contributed by atoms with van der Waals surface area (Å²) in [5.41, 5.74) is 0.388. The van der Waals surface area contributed by atoms with E-state index in [1.54, 1.807) is 17.0 Å². The zero-order valence-corrected chi connectivity index (χ0v) is 12.8. The van der Waals surface area contributed by atoms with Gasteiger partial charge in [-0.15, -0.1) is 0 Å². The Morgan fingerprint density at radius 2 is 2.00 bits per heavy atom. The molecular weight excluding hydrogens is 317 g/mol. The van der Waals surface area contributed by atoms with Crippen LogP contribution in [0.1, 0.15) is 10.4 Å². The largest absolute Gasteiger partial charge is 0.489 e. The highest BCUT2D eigenvalue weighted by Crippen LogP contribution is 2.35. The number of morpholine rings is 1. The van der Waals surface area contributed by atoms with Gasteiger partial charge in [0.25, 0.3) is 5.91 Å². The van der Waals surface area contributed by atoms with Gasteiger partial charge < -0.3 is 19.1 Å². The third kappa shape index (κ3) is 3.43. The quantitative estimate of drug-likeness (QED) is 0.794. The molecule has 2 aliphatic rings. The molecule has 2 saturated heterocycles. The molecule has 21 heavy (non-hydrogen) atoms. The zero-order valence-electron chi connectivity index (χ0n) is 11.3. The van der Waals surface area contributed by atoms with Crippen molar-refractivity contribution in [1.29, 1.82) is 0 Å². The molecule has 0 radical (unpaired) electrons. The van der Waals surface area contributed by atoms with Crippen LogP contribution < -0.4 is 4.74 Å². The fourth-order valence-electron chi connectivity index (χ4n) is 2.09. The SMILES string of the molecule is O=C(c1ccc(OCC2CO2)c(Cl)c1Cl)N1CCOCC1. The van der Waals surface area contributed by atoms with Gasteiger partial charge in [0, 0.05) is 13.1 Å². The van der Waals surface area contributed by atoms with Crippen molar-refractivity contribution < 1.29 is 19.0 Å². The van der Waals surface area contributed by atoms with Crippen molar-refractivity contribution in [3.8, 4) is 5.75 Å². The van der Waals surface area contributed by atoms with Crippen LogP contribution in [-0.4, -0.2) is 56.4 Å². The van der Waals surface area contributed by atoms with Crippen LogP contribution in [0.5, 0.6) is 5.75 Å². The highest BCUT2D eigenvalue weighted by Gasteiger charge is 2.26. The molecular formula is C14H15Cl2NO4. The molecule has 114 valence electrons. The minimum atomic E-state index is -0.137. The summed E-state index contributed by atoms with van der Waals surface area (Å²) >= 11 is 12.4. The standard InChI is InChI=1S/C14H15Cl2NO4/c15-12-10(14(18)17-3-5-19-6-4-17)1-2-11(13(12)16)21-8-9-7-20-9/h1-2,9H,3-8H2. The molecule has 3 rings (SSSR count). The van der Waals surface area contributed by atoms with Crippen molar-refractivity contribution in [3.63, 3.8) is 0 Å². The number of benzene rings is 1. The lowest BCUT2D eigenvalue weighted by molar-refractivity contribution is 0.0303. The topological polar surface area (TPSA) is 51.3 Å². The lowest BCUT2D eigenvalue weighted by atomic mass is 10.1. The van der Waals surface area contributed by atoms with Crippen LogP contribution in [0.15, 0.2) is 12.1 Å². The molecule has 0 saturated carbocycles. The van der Waals surface area contributed by atoms with Crippen molar-refractivity contribution >= 4 is 29.1 Å². The van der Waals surface area contributed by atoms with E-state index in [9.17, 15) is 4.79 Å². The van der Waals surface area contributed by atoms with Gasteiger partial charge in [0.1, 0.15) is 23.5 Å². The third-order valence-corrected chi connectivity index (χ3v) is 4.27. The van der Waals surface area contributed by atoms with Crippen LogP contribution in [-0.2, 0) is 9.47 Å². The van der Waals surface area contributed by atoms with Crippen LogP contribution in [0.4, 0.5) is 0 Å². The number of halogens is 2. The molecule has 1 unspecified atom stereocenters. The van der Waals surface area contributed by atoms with Crippen LogP contribution >= 0.6 is 23.2 Å². The average Bonchev–Trinajstić information content (AvgIpc) is 3.33. The Bertz CT molecular complexity index is 542. The summed E-state index contributed by atoms with van der Waals surface area (Å²) in [6.45, 7) is 3.35. The maximum atomic E-state index is 12.4. The van der Waals surface area contributed by atoms with E-state index >= 15 is 0 Å². The molecule has 2 aliphatic heterocycles. The molecule has 1 amide bonds. The number of nitrogens with zero attached hydrogens (tertiary/aromatic N) is 1. The van der Waals surface area contributed by atoms with Gasteiger partial charge in [-0.25, -0.2) is 0 Å². The number of carbonyl (C=O) groups excluding carboxylic acids is 1. The van der Waals surface area contributed by atoms with Gasteiger partial charge in [-0.1, -0.05) is 23.2 Å². The van der Waals surface area contributed by atoms with Crippen LogP contribution in [0, 0.1) is 0 Å². The summed E-state index contributed by atoms with van der Waals surface area (Å²) in [4.78, 5) is 14.1. The van der Waals surface area contributed by atoms with E-state index in [1.807, 2.05) is 0 Å². The minimum absolute atomic E-state index is 0.134. The Kier molecular flexibility index (Phi) is 4.54. The first kappa shape index (κ1) is 14.9. The Labute approximate surface area is 132 Å². The van der Waals surface area contributed by atoms with Crippen molar-refractivity contribution in [2.24, 2.45) is 0 Å². The molecule has 5 nitrogen and oxygen atoms in total. The molecule has 0 bridgehead atoms. The van der Waals surface area contributed by atoms with Crippen LogP contribution in [0.25, 0.3) is 0 Å². The Morgan fingerprint density at radius 3 is 2.67 bits per heavy atom. The van der Waals surface area contributed by atoms with E-state index in [1.165, 1.54) is 0 Å². The van der Waals surface area contributed by atoms with E-state index in [0.717, 1.165) is 0 Å². The number of carbonyl (C=O) groups is 1. The second-order valence-electron chi connectivity index (χ2n) is 4.91. The van der Waals surface area contributed by atoms with Gasteiger partial charge in [0.15, 0.2) is 0 Å². The van der Waals surface area contributed by atoms with E-state index in [2.05, 4.69) is 0 Å². The minimum Gasteiger partial charge on any atom is -0.489 e. The molecule has 7 heteroatoms. The average molecular weight is 332 g/mol. The number of hydrogen-bond donors (Lipinski definition) is 0. The third-order valence-electron chi connectivity index (χ3n) is 3.40. The fourth-order valence-corrected chi connectivity index (χ4v) is 2.55. The molecule has 0 aliphatic carbocycles. The second-order valence-corrected chi connectivity index (χ2v) is 5.67. The Balaban J connectivity index is 1.75. The van der Waals surface area contributed by atoms with Crippen LogP contribution in [0.3, 0.4) is 0 Å². The lowest BCUT2D eigenvalue weighted by Gasteiger charge is -2.27. The van der Waals surface area contributed by atoms with Crippen molar-refractivity contribution in [2.75, 3.05) is 39.5 Å². The summed E-state index contributed by atoms with van der Waals surface area (Å²) in [7, 11) is 0. The summed E-state index contributed by atoms with van der Waals surface area (Å²) in [5.74, 6) is 0.331. The highest BCUT2D eigenvalue weighted by molar-refractivity contribution is 6.44. The Morgan fingerprint density at radius 1 is 1.29 bits per heavy atom. The van der Waals surface area contributed by atoms with E-state index in [4.69, 9.17) is 37.4 Å². The van der Waals surface area contributed by atoms with Gasteiger partial charge >= 0.3 is 0 Å². The molecule has 0 N–H and O–H groups in total. The van der Waals surface area contributed by atoms with Crippen molar-refractivity contribution in [2.45, 2.75) is 6.10 Å². The summed E-state index contributed by atoms with van der Waals surface area (Å²) in [6, 6.07) is 3.32. The summed E-state index contributed by atoms with van der Waals surface area (Å²) < 4.78 is 15.8. The van der Waals surface area contributed by atoms with Gasteiger partial charge in [0.2, 0.25) is 0 Å². The van der Waals surface area contributed by atoms with Gasteiger partial charge in [0.05, 0.1) is 30.4 Å². The number of ether oxygens (including phenoxy) is 3. The zero-order chi connectivity index (χ0) is 14.8. The molecule has 1 aromatic carbocycles. The maximum absolute atomic E-state index is 12.4. The molecule has 0 aromatic heterocycles. The predicted molar refractivity (Wildman–Crippen MR) is 78.4 cm³/mol. The number of hydrogen-bond acceptors (Lipinski definition) is 4. The molecule has 2 fully saturated rings. The number of rotatable bonds is 4. The van der Waals surface area contributed by atoms with E-state index in [0.29, 0.717) is 50.8 Å². The normalized spacial score (nSPS) is 21.2. The molecule has 1 atom stereocenters. The maximum Gasteiger partial charge on any atom is 0.255 e. The van der Waals surface area contributed by atoms with Gasteiger partial charge in [-0.3, -0.25) is 4.79 Å². The molecule has 2 heterocycles. The van der Waals surface area contributed by atoms with Crippen molar-refractivity contribution in [1.82, 2.24) is 4.90 Å². The predicted octanol–water partition coefficient (Wildman–Crippen LogP) is 2.24. The summed E-state index contributed by atoms with van der Waals surface area (Å²) in [5, 5.41) is 0.485. The first-order valence-electron chi connectivity index (χ1n) is 6.76. The van der Waals surface area contributed by atoms with Crippen molar-refractivity contribution in [3.05, 3.63) is 27.7 Å². The number of epoxide rings is 1. The first-order valence-corrected chi connectivity index (χ1v) is 7.52. The second kappa shape index (κ2) is 6.40. The summed E-state index contributed by atoms with van der Waals surface area (Å²) in [6.07, 6.45) is 0.134. The lowest BCUT2D eigenvalue weighted by Crippen LogP contribution is -2.40. The van der Waals surface area contributed by atoms with E-state index < -0.39 is 0 Å². The van der Waals surface area contributed by atoms with Crippen LogP contribution in [0.2, 0.25) is 10.0 Å². The molecule has 0 spiro atoms. The monoisotopic (exact) mass is 331 g/mol. The smallest absolute Gasteiger partial charge is 0.255 e. The Hall–Kier alpha value is -1.01. The van der Waals surface area contributed by atoms with E-state index in [-0.39, 0.29) is 22.1 Å². The molecule has 1 aromatic rings. The van der Waals surface area contributed by atoms with Gasteiger partial charge in [-0.05, 0) is 12.1 Å². The first-order chi connectivity index (χ1) is 10.2. The fraction of sp³-hybridized carbons (Fsp3) is 0.500. The van der Waals surface area contributed by atoms with Gasteiger partial charge in [-0.2, -0.15) is 0 Å². The highest BCUT2D eigenvalue weighted by atomic mass is 35.5. The number of amides is 1.